The highest BCUT2D eigenvalue weighted by Gasteiger charge is 2.12. The van der Waals surface area contributed by atoms with Crippen molar-refractivity contribution in [1.29, 1.82) is 0 Å². The highest BCUT2D eigenvalue weighted by Crippen LogP contribution is 2.19. The highest BCUT2D eigenvalue weighted by atomic mass is 16.2. The molecule has 2 amide bonds. The van der Waals surface area contributed by atoms with Crippen molar-refractivity contribution in [3.8, 4) is 5.69 Å². The number of fused-ring (bicyclic) bond motifs is 1. The van der Waals surface area contributed by atoms with Crippen molar-refractivity contribution >= 4 is 22.6 Å². The Kier molecular flexibility index (Phi) is 4.06. The Balaban J connectivity index is 1.45. The van der Waals surface area contributed by atoms with Gasteiger partial charge in [-0.2, -0.15) is 10.2 Å². The van der Waals surface area contributed by atoms with Crippen LogP contribution in [0.4, 0.5) is 10.5 Å². The van der Waals surface area contributed by atoms with Crippen LogP contribution in [0.3, 0.4) is 0 Å². The van der Waals surface area contributed by atoms with E-state index in [4.69, 9.17) is 0 Å². The molecule has 2 aromatic heterocycles. The molecule has 0 unspecified atom stereocenters. The number of carbonyl (C=O) groups excluding carboxylic acids is 1. The second-order valence-electron chi connectivity index (χ2n) is 5.85. The Bertz CT molecular complexity index is 1020. The van der Waals surface area contributed by atoms with Crippen LogP contribution >= 0.6 is 0 Å². The van der Waals surface area contributed by atoms with E-state index >= 15 is 0 Å². The number of aromatic amines is 1. The summed E-state index contributed by atoms with van der Waals surface area (Å²) in [7, 11) is 0. The van der Waals surface area contributed by atoms with Crippen LogP contribution in [0.25, 0.3) is 16.6 Å². The molecule has 0 radical (unpaired) electrons. The molecular formula is C18H17N7O. The van der Waals surface area contributed by atoms with E-state index < -0.39 is 0 Å². The number of amides is 2. The molecule has 0 spiro atoms. The van der Waals surface area contributed by atoms with Gasteiger partial charge < -0.3 is 10.6 Å². The number of para-hydroxylation sites is 1. The fourth-order valence-corrected chi connectivity index (χ4v) is 2.72. The number of nitrogens with zero attached hydrogens (tertiary/aromatic N) is 4. The van der Waals surface area contributed by atoms with E-state index in [1.807, 2.05) is 66.3 Å². The van der Waals surface area contributed by atoms with Gasteiger partial charge in [-0.25, -0.2) is 14.5 Å². The molecule has 2 aromatic carbocycles. The smallest absolute Gasteiger partial charge is 0.319 e. The summed E-state index contributed by atoms with van der Waals surface area (Å²) < 4.78 is 1.87. The minimum absolute atomic E-state index is 0.271. The quantitative estimate of drug-likeness (QED) is 0.528. The molecule has 0 aliphatic carbocycles. The number of hydrogen-bond donors (Lipinski definition) is 3. The molecule has 4 aromatic rings. The number of hydrogen-bond acceptors (Lipinski definition) is 4. The average Bonchev–Trinajstić information content (AvgIpc) is 3.32. The fraction of sp³-hybridized carbons (Fsp3) is 0.111. The maximum atomic E-state index is 12.1. The predicted octanol–water partition coefficient (Wildman–Crippen LogP) is 3.03. The van der Waals surface area contributed by atoms with Gasteiger partial charge in [0.1, 0.15) is 12.2 Å². The molecule has 0 aliphatic rings. The molecule has 0 aliphatic heterocycles. The summed E-state index contributed by atoms with van der Waals surface area (Å²) in [6.45, 7) is 1.83. The zero-order valence-electron chi connectivity index (χ0n) is 14.0. The molecule has 0 fully saturated rings. The summed E-state index contributed by atoms with van der Waals surface area (Å²) in [6.07, 6.45) is 3.24. The number of aromatic nitrogens is 5. The first-order valence-corrected chi connectivity index (χ1v) is 8.17. The number of benzene rings is 2. The highest BCUT2D eigenvalue weighted by molar-refractivity contribution is 5.89. The number of anilines is 1. The van der Waals surface area contributed by atoms with Crippen molar-refractivity contribution in [3.05, 3.63) is 66.9 Å². The first-order chi connectivity index (χ1) is 12.7. The van der Waals surface area contributed by atoms with E-state index in [0.29, 0.717) is 11.5 Å². The first-order valence-electron chi connectivity index (χ1n) is 8.17. The van der Waals surface area contributed by atoms with Crippen LogP contribution in [0.5, 0.6) is 0 Å². The van der Waals surface area contributed by atoms with Crippen molar-refractivity contribution in [1.82, 2.24) is 30.3 Å². The first kappa shape index (κ1) is 15.8. The van der Waals surface area contributed by atoms with Crippen LogP contribution in [0, 0.1) is 0 Å². The second kappa shape index (κ2) is 6.67. The summed E-state index contributed by atoms with van der Waals surface area (Å²) in [5, 5.41) is 17.6. The Hall–Kier alpha value is -3.68. The van der Waals surface area contributed by atoms with Crippen LogP contribution in [0.15, 0.2) is 61.1 Å². The van der Waals surface area contributed by atoms with Crippen molar-refractivity contribution in [2.45, 2.75) is 13.0 Å². The van der Waals surface area contributed by atoms with Gasteiger partial charge in [0, 0.05) is 11.1 Å². The lowest BCUT2D eigenvalue weighted by molar-refractivity contribution is 0.249. The number of rotatable bonds is 4. The molecule has 8 heteroatoms. The number of nitrogens with one attached hydrogen (secondary N) is 3. The van der Waals surface area contributed by atoms with E-state index in [0.717, 1.165) is 16.6 Å². The summed E-state index contributed by atoms with van der Waals surface area (Å²) >= 11 is 0. The number of H-pyrrole nitrogens is 1. The molecule has 26 heavy (non-hydrogen) atoms. The number of urea groups is 1. The van der Waals surface area contributed by atoms with E-state index in [1.165, 1.54) is 6.33 Å². The van der Waals surface area contributed by atoms with E-state index in [-0.39, 0.29) is 12.1 Å². The Morgan fingerprint density at radius 2 is 1.96 bits per heavy atom. The molecule has 2 heterocycles. The molecule has 0 bridgehead atoms. The largest absolute Gasteiger partial charge is 0.328 e. The van der Waals surface area contributed by atoms with Crippen molar-refractivity contribution in [2.75, 3.05) is 5.32 Å². The lowest BCUT2D eigenvalue weighted by Gasteiger charge is -2.12. The molecule has 4 rings (SSSR count). The Morgan fingerprint density at radius 3 is 2.73 bits per heavy atom. The van der Waals surface area contributed by atoms with Crippen LogP contribution in [0.2, 0.25) is 0 Å². The predicted molar refractivity (Wildman–Crippen MR) is 98.0 cm³/mol. The minimum Gasteiger partial charge on any atom is -0.328 e. The molecule has 0 saturated heterocycles. The third kappa shape index (κ3) is 3.12. The lowest BCUT2D eigenvalue weighted by Crippen LogP contribution is -2.31. The molecule has 3 N–H and O–H groups in total. The monoisotopic (exact) mass is 347 g/mol. The van der Waals surface area contributed by atoms with Gasteiger partial charge in [-0.05, 0) is 37.3 Å². The number of carbonyl (C=O) groups is 1. The zero-order chi connectivity index (χ0) is 17.9. The normalized spacial score (nSPS) is 12.0. The van der Waals surface area contributed by atoms with Gasteiger partial charge >= 0.3 is 6.03 Å². The van der Waals surface area contributed by atoms with Gasteiger partial charge in [0.05, 0.1) is 23.4 Å². The van der Waals surface area contributed by atoms with Gasteiger partial charge in [-0.1, -0.05) is 18.2 Å². The topological polar surface area (TPSA) is 101 Å². The third-order valence-corrected chi connectivity index (χ3v) is 4.04. The summed E-state index contributed by atoms with van der Waals surface area (Å²) in [4.78, 5) is 16.1. The summed E-state index contributed by atoms with van der Waals surface area (Å²) in [5.41, 5.74) is 2.64. The van der Waals surface area contributed by atoms with Gasteiger partial charge in [-0.3, -0.25) is 5.10 Å². The van der Waals surface area contributed by atoms with Gasteiger partial charge in [0.2, 0.25) is 0 Å². The summed E-state index contributed by atoms with van der Waals surface area (Å²) in [5.74, 6) is 0.598. The molecule has 1 atom stereocenters. The standard InChI is InChI=1S/C18H17N7O/c1-12(17-19-11-20-24-17)22-18(26)23-14-6-8-15(9-7-14)25-16-5-3-2-4-13(16)10-21-25/h2-12H,1H3,(H,19,20,24)(H2,22,23,26)/t12-/m0/s1. The van der Waals surface area contributed by atoms with Crippen LogP contribution in [-0.2, 0) is 0 Å². The van der Waals surface area contributed by atoms with Crippen molar-refractivity contribution in [2.24, 2.45) is 0 Å². The van der Waals surface area contributed by atoms with E-state index in [1.54, 1.807) is 0 Å². The van der Waals surface area contributed by atoms with Gasteiger partial charge in [0.15, 0.2) is 0 Å². The minimum atomic E-state index is -0.314. The van der Waals surface area contributed by atoms with Crippen molar-refractivity contribution < 1.29 is 4.79 Å². The molecule has 0 saturated carbocycles. The van der Waals surface area contributed by atoms with Gasteiger partial charge in [0.25, 0.3) is 0 Å². The molecular weight excluding hydrogens is 330 g/mol. The van der Waals surface area contributed by atoms with Gasteiger partial charge in [-0.15, -0.1) is 0 Å². The zero-order valence-corrected chi connectivity index (χ0v) is 14.0. The maximum Gasteiger partial charge on any atom is 0.319 e. The maximum absolute atomic E-state index is 12.1. The van der Waals surface area contributed by atoms with E-state index in [2.05, 4.69) is 30.9 Å². The van der Waals surface area contributed by atoms with Crippen molar-refractivity contribution in [3.63, 3.8) is 0 Å². The lowest BCUT2D eigenvalue weighted by atomic mass is 10.2. The fourth-order valence-electron chi connectivity index (χ4n) is 2.72. The third-order valence-electron chi connectivity index (χ3n) is 4.04. The second-order valence-corrected chi connectivity index (χ2v) is 5.85. The Morgan fingerprint density at radius 1 is 1.15 bits per heavy atom. The van der Waals surface area contributed by atoms with E-state index in [9.17, 15) is 4.79 Å². The SMILES string of the molecule is C[C@H](NC(=O)Nc1ccc(-n2ncc3ccccc32)cc1)c1ncn[nH]1. The Labute approximate surface area is 149 Å². The average molecular weight is 347 g/mol. The van der Waals surface area contributed by atoms with Crippen LogP contribution in [-0.4, -0.2) is 31.0 Å². The molecule has 8 nitrogen and oxygen atoms in total. The van der Waals surface area contributed by atoms with Crippen LogP contribution in [0.1, 0.15) is 18.8 Å². The molecule has 130 valence electrons. The summed E-state index contributed by atoms with van der Waals surface area (Å²) in [6, 6.07) is 14.9. The van der Waals surface area contributed by atoms with Crippen LogP contribution < -0.4 is 10.6 Å².